The highest BCUT2D eigenvalue weighted by Crippen LogP contribution is 2.35. The molecule has 2 atom stereocenters. The number of benzene rings is 1. The first-order chi connectivity index (χ1) is 6.95. The van der Waals surface area contributed by atoms with Gasteiger partial charge in [0, 0.05) is 15.2 Å². The number of rotatable bonds is 3. The molecule has 2 unspecified atom stereocenters. The molecule has 0 radical (unpaired) electrons. The average Bonchev–Trinajstić information content (AvgIpc) is 2.16. The molecule has 0 fully saturated rings. The number of alkyl halides is 2. The molecule has 0 aliphatic heterocycles. The Bertz CT molecular complexity index is 372. The maximum absolute atomic E-state index is 11.4. The van der Waals surface area contributed by atoms with Gasteiger partial charge in [-0.15, -0.1) is 0 Å². The van der Waals surface area contributed by atoms with Gasteiger partial charge in [-0.3, -0.25) is 4.79 Å². The van der Waals surface area contributed by atoms with Crippen molar-refractivity contribution in [1.29, 1.82) is 0 Å². The zero-order valence-electron chi connectivity index (χ0n) is 8.43. The minimum absolute atomic E-state index is 0.0706. The van der Waals surface area contributed by atoms with Crippen molar-refractivity contribution in [3.8, 4) is 0 Å². The van der Waals surface area contributed by atoms with E-state index < -0.39 is 0 Å². The second-order valence-corrected chi connectivity index (χ2v) is 6.78. The molecule has 0 amide bonds. The Kier molecular flexibility index (Phi) is 5.00. The molecule has 0 aliphatic carbocycles. The van der Waals surface area contributed by atoms with Crippen LogP contribution in [0, 0.1) is 0 Å². The van der Waals surface area contributed by atoms with Gasteiger partial charge in [-0.1, -0.05) is 50.1 Å². The molecule has 1 nitrogen and oxygen atoms in total. The molecule has 1 aromatic carbocycles. The molecule has 0 saturated heterocycles. The van der Waals surface area contributed by atoms with Crippen LogP contribution in [0.3, 0.4) is 0 Å². The third kappa shape index (κ3) is 3.14. The van der Waals surface area contributed by atoms with Crippen molar-refractivity contribution >= 4 is 52.5 Å². The van der Waals surface area contributed by atoms with Crippen molar-refractivity contribution in [3.63, 3.8) is 0 Å². The van der Waals surface area contributed by atoms with E-state index in [1.165, 1.54) is 0 Å². The van der Waals surface area contributed by atoms with E-state index in [0.717, 1.165) is 16.7 Å². The minimum atomic E-state index is -0.0706. The lowest BCUT2D eigenvalue weighted by Crippen LogP contribution is -2.03. The predicted octanol–water partition coefficient (Wildman–Crippen LogP) is 5.13. The summed E-state index contributed by atoms with van der Waals surface area (Å²) in [7, 11) is 0. The number of carbonyl (C=O) groups excluding carboxylic acids is 1. The molecule has 0 spiro atoms. The van der Waals surface area contributed by atoms with Gasteiger partial charge in [-0.25, -0.2) is 0 Å². The molecule has 82 valence electrons. The fourth-order valence-corrected chi connectivity index (χ4v) is 2.80. The summed E-state index contributed by atoms with van der Waals surface area (Å²) < 4.78 is -0.0706. The zero-order chi connectivity index (χ0) is 11.6. The third-order valence-corrected chi connectivity index (χ3v) is 3.56. The van der Waals surface area contributed by atoms with Crippen molar-refractivity contribution in [2.75, 3.05) is 0 Å². The lowest BCUT2D eigenvalue weighted by molar-refractivity contribution is 0.109. The second kappa shape index (κ2) is 5.60. The van der Waals surface area contributed by atoms with E-state index >= 15 is 0 Å². The Balaban J connectivity index is 3.42. The van der Waals surface area contributed by atoms with Gasteiger partial charge in [0.2, 0.25) is 4.69 Å². The van der Waals surface area contributed by atoms with Crippen LogP contribution in [0.2, 0.25) is 0 Å². The zero-order valence-corrected chi connectivity index (χ0v) is 13.2. The largest absolute Gasteiger partial charge is 0.281 e. The summed E-state index contributed by atoms with van der Waals surface area (Å²) in [5, 5.41) is 0. The van der Waals surface area contributed by atoms with E-state index in [9.17, 15) is 4.79 Å². The predicted molar refractivity (Wildman–Crippen MR) is 74.4 cm³/mol. The highest BCUT2D eigenvalue weighted by Gasteiger charge is 2.18. The molecule has 1 rings (SSSR count). The van der Waals surface area contributed by atoms with Crippen LogP contribution in [-0.2, 0) is 0 Å². The highest BCUT2D eigenvalue weighted by molar-refractivity contribution is 9.18. The molecule has 0 aliphatic rings. The molecular weight excluding hydrogens is 388 g/mol. The van der Waals surface area contributed by atoms with Crippen LogP contribution in [0.1, 0.15) is 45.0 Å². The Hall–Kier alpha value is 0.330. The van der Waals surface area contributed by atoms with E-state index in [2.05, 4.69) is 54.7 Å². The highest BCUT2D eigenvalue weighted by atomic mass is 79.9. The Morgan fingerprint density at radius 1 is 1.20 bits per heavy atom. The topological polar surface area (TPSA) is 17.1 Å². The van der Waals surface area contributed by atoms with Crippen LogP contribution in [0.5, 0.6) is 0 Å². The Morgan fingerprint density at radius 2 is 1.80 bits per heavy atom. The quantitative estimate of drug-likeness (QED) is 0.509. The summed E-state index contributed by atoms with van der Waals surface area (Å²) in [6.07, 6.45) is 0. The van der Waals surface area contributed by atoms with Gasteiger partial charge in [0.1, 0.15) is 0 Å². The normalized spacial score (nSPS) is 14.7. The molecule has 0 bridgehead atoms. The SMILES string of the molecule is CC(Br)c1cccc(C(=O)Br)c1C(C)Br. The van der Waals surface area contributed by atoms with Gasteiger partial charge in [0.05, 0.1) is 0 Å². The van der Waals surface area contributed by atoms with Gasteiger partial charge in [0.15, 0.2) is 0 Å². The van der Waals surface area contributed by atoms with Crippen LogP contribution in [-0.4, -0.2) is 4.69 Å². The van der Waals surface area contributed by atoms with Crippen LogP contribution in [0.15, 0.2) is 18.2 Å². The van der Waals surface area contributed by atoms with Crippen LogP contribution < -0.4 is 0 Å². The van der Waals surface area contributed by atoms with E-state index in [1.54, 1.807) is 0 Å². The van der Waals surface area contributed by atoms with Gasteiger partial charge in [-0.2, -0.15) is 0 Å². The second-order valence-electron chi connectivity index (χ2n) is 3.31. The first-order valence-electron chi connectivity index (χ1n) is 4.56. The number of halogens is 3. The first-order valence-corrected chi connectivity index (χ1v) is 7.18. The van der Waals surface area contributed by atoms with Crippen LogP contribution in [0.4, 0.5) is 0 Å². The summed E-state index contributed by atoms with van der Waals surface area (Å²) in [4.78, 5) is 11.8. The fraction of sp³-hybridized carbons (Fsp3) is 0.364. The lowest BCUT2D eigenvalue weighted by atomic mass is 9.98. The first kappa shape index (κ1) is 13.4. The van der Waals surface area contributed by atoms with Crippen LogP contribution >= 0.6 is 47.8 Å². The van der Waals surface area contributed by atoms with Crippen molar-refractivity contribution in [1.82, 2.24) is 0 Å². The van der Waals surface area contributed by atoms with Crippen molar-refractivity contribution in [2.24, 2.45) is 0 Å². The molecule has 4 heteroatoms. The number of hydrogen-bond donors (Lipinski definition) is 0. The van der Waals surface area contributed by atoms with Crippen LogP contribution in [0.25, 0.3) is 0 Å². The Labute approximate surface area is 115 Å². The van der Waals surface area contributed by atoms with E-state index in [0.29, 0.717) is 0 Å². The van der Waals surface area contributed by atoms with Gasteiger partial charge in [-0.05, 0) is 40.9 Å². The molecule has 1 aromatic rings. The van der Waals surface area contributed by atoms with Crippen molar-refractivity contribution in [2.45, 2.75) is 23.5 Å². The smallest absolute Gasteiger partial charge is 0.228 e. The molecule has 15 heavy (non-hydrogen) atoms. The Morgan fingerprint density at radius 3 is 2.20 bits per heavy atom. The molecule has 0 aromatic heterocycles. The summed E-state index contributed by atoms with van der Waals surface area (Å²) >= 11 is 10.1. The summed E-state index contributed by atoms with van der Waals surface area (Å²) in [6.45, 7) is 4.07. The number of carbonyl (C=O) groups is 1. The maximum atomic E-state index is 11.4. The summed E-state index contributed by atoms with van der Waals surface area (Å²) in [5.41, 5.74) is 2.91. The molecule has 0 heterocycles. The van der Waals surface area contributed by atoms with Gasteiger partial charge < -0.3 is 0 Å². The summed E-state index contributed by atoms with van der Waals surface area (Å²) in [6, 6.07) is 5.77. The van der Waals surface area contributed by atoms with E-state index in [1.807, 2.05) is 25.1 Å². The average molecular weight is 399 g/mol. The lowest BCUT2D eigenvalue weighted by Gasteiger charge is -2.16. The van der Waals surface area contributed by atoms with Crippen molar-refractivity contribution < 1.29 is 4.79 Å². The molecular formula is C11H11Br3O. The minimum Gasteiger partial charge on any atom is -0.281 e. The maximum Gasteiger partial charge on any atom is 0.228 e. The van der Waals surface area contributed by atoms with Crippen molar-refractivity contribution in [3.05, 3.63) is 34.9 Å². The third-order valence-electron chi connectivity index (χ3n) is 2.18. The monoisotopic (exact) mass is 396 g/mol. The van der Waals surface area contributed by atoms with E-state index in [4.69, 9.17) is 0 Å². The fourth-order valence-electron chi connectivity index (χ4n) is 1.55. The van der Waals surface area contributed by atoms with E-state index in [-0.39, 0.29) is 14.3 Å². The van der Waals surface area contributed by atoms with Gasteiger partial charge >= 0.3 is 0 Å². The summed E-state index contributed by atoms with van der Waals surface area (Å²) in [5.74, 6) is 0. The molecule has 0 saturated carbocycles. The molecule has 0 N–H and O–H groups in total. The standard InChI is InChI=1S/C11H11Br3O/c1-6(12)8-4-3-5-9(11(14)15)10(8)7(2)13/h3-7H,1-2H3. The van der Waals surface area contributed by atoms with Gasteiger partial charge in [0.25, 0.3) is 0 Å². The number of hydrogen-bond acceptors (Lipinski definition) is 1.